The monoisotopic (exact) mass is 896 g/mol. The van der Waals surface area contributed by atoms with Crippen LogP contribution in [0.4, 0.5) is 26.3 Å². The molecule has 0 unspecified atom stereocenters. The number of aliphatic hydroxyl groups excluding tert-OH is 1. The average Bonchev–Trinajstić information content (AvgIpc) is 3.86. The van der Waals surface area contributed by atoms with Crippen molar-refractivity contribution in [1.82, 2.24) is 30.8 Å². The van der Waals surface area contributed by atoms with E-state index >= 15 is 0 Å². The second-order valence-electron chi connectivity index (χ2n) is 11.9. The van der Waals surface area contributed by atoms with E-state index in [-0.39, 0.29) is 42.1 Å². The molecule has 2 fully saturated rings. The molecule has 8 atom stereocenters. The largest absolute Gasteiger partial charge is 0.490 e. The summed E-state index contributed by atoms with van der Waals surface area (Å²) in [5, 5.41) is 34.3. The second-order valence-corrected chi connectivity index (χ2v) is 14.0. The number of nitrogens with one attached hydrogen (secondary N) is 5. The summed E-state index contributed by atoms with van der Waals surface area (Å²) >= 11 is 13.9. The molecule has 284 valence electrons. The Kier molecular flexibility index (Phi) is 9.99. The van der Waals surface area contributed by atoms with Crippen molar-refractivity contribution in [2.75, 3.05) is 13.1 Å². The highest BCUT2D eigenvalue weighted by Gasteiger charge is 2.79. The van der Waals surface area contributed by atoms with Gasteiger partial charge in [-0.2, -0.15) is 26.3 Å². The number of rotatable bonds is 3. The molecule has 7 rings (SSSR count). The smallest absolute Gasteiger partial charge is 0.475 e. The van der Waals surface area contributed by atoms with Crippen LogP contribution >= 0.6 is 43.5 Å². The topological polar surface area (TPSA) is 277 Å². The molecule has 17 nitrogen and oxygen atoms in total. The number of carboxylic acid groups (broad SMARTS) is 2. The third kappa shape index (κ3) is 6.29. The Morgan fingerprint density at radius 3 is 2.13 bits per heavy atom. The quantitative estimate of drug-likeness (QED) is 0.154. The van der Waals surface area contributed by atoms with Crippen LogP contribution in [0.1, 0.15) is 32.6 Å². The molecule has 2 aromatic heterocycles. The third-order valence-electron chi connectivity index (χ3n) is 9.17. The maximum absolute atomic E-state index is 13.8. The molecular weight excluding hydrogens is 874 g/mol. The van der Waals surface area contributed by atoms with E-state index in [0.717, 1.165) is 0 Å². The van der Waals surface area contributed by atoms with Crippen LogP contribution in [0.3, 0.4) is 0 Å². The van der Waals surface area contributed by atoms with Gasteiger partial charge in [0.1, 0.15) is 28.6 Å². The van der Waals surface area contributed by atoms with Crippen LogP contribution in [-0.2, 0) is 9.59 Å². The summed E-state index contributed by atoms with van der Waals surface area (Å²) in [4.78, 5) is 61.2. The van der Waals surface area contributed by atoms with Crippen LogP contribution in [0, 0.1) is 17.8 Å². The number of hydrogen-bond acceptors (Lipinski definition) is 11. The van der Waals surface area contributed by atoms with E-state index < -0.39 is 59.1 Å². The molecule has 2 amide bonds. The second kappa shape index (κ2) is 13.3. The van der Waals surface area contributed by atoms with Gasteiger partial charge in [-0.05, 0) is 49.9 Å². The molecule has 0 radical (unpaired) electrons. The summed E-state index contributed by atoms with van der Waals surface area (Å²) < 4.78 is 64.8. The van der Waals surface area contributed by atoms with Crippen molar-refractivity contribution in [1.29, 1.82) is 0 Å². The number of amides is 2. The Balaban J connectivity index is 0.000000318. The van der Waals surface area contributed by atoms with Crippen LogP contribution < -0.4 is 27.4 Å². The van der Waals surface area contributed by atoms with Crippen molar-refractivity contribution in [2.24, 2.45) is 39.2 Å². The van der Waals surface area contributed by atoms with Gasteiger partial charge in [0.15, 0.2) is 18.1 Å². The Morgan fingerprint density at radius 1 is 1.06 bits per heavy atom. The minimum atomic E-state index is -5.08. The van der Waals surface area contributed by atoms with Crippen LogP contribution in [-0.4, -0.2) is 114 Å². The average molecular weight is 899 g/mol. The molecule has 12 N–H and O–H groups in total. The molecule has 4 aliphatic heterocycles. The lowest BCUT2D eigenvalue weighted by Crippen LogP contribution is -2.73. The first kappa shape index (κ1) is 39.0. The van der Waals surface area contributed by atoms with Crippen molar-refractivity contribution in [3.63, 3.8) is 0 Å². The number of aliphatic hydroxyl groups is 1. The molecule has 0 aromatic carbocycles. The summed E-state index contributed by atoms with van der Waals surface area (Å²) in [5.41, 5.74) is 11.5. The van der Waals surface area contributed by atoms with Gasteiger partial charge in [-0.1, -0.05) is 0 Å². The number of aromatic amines is 2. The van der Waals surface area contributed by atoms with Crippen molar-refractivity contribution in [3.8, 4) is 0 Å². The third-order valence-corrected chi connectivity index (χ3v) is 11.6. The standard InChI is InChI=1S/C22H23Br2ClN10O3.2C2HF3O2/c23-9-3-10(30-15(9)24)16(36)29-4-7-8-5-35-17(37)11-6(1-2-28-11)14-22(35,34-19(26)31-14)12(8)21(13(7)25)18(38)32-20(27)33-21;2*3-2(4,5)1(6)7/h1-3,7-8,12-14,18,28,30,38H,4-5H2,(H,29,36)(H3,26,31,34)(H3,27,32,33);2*(H,6,7)/t7-,8-,12+,13+,14+,18+,21+,22-;;/m1../s1. The zero-order valence-corrected chi connectivity index (χ0v) is 29.4. The predicted octanol–water partition coefficient (Wildman–Crippen LogP) is 1.13. The highest BCUT2D eigenvalue weighted by molar-refractivity contribution is 9.13. The fourth-order valence-corrected chi connectivity index (χ4v) is 8.63. The molecule has 2 spiro atoms. The van der Waals surface area contributed by atoms with E-state index in [2.05, 4.69) is 62.8 Å². The molecule has 1 saturated heterocycles. The Morgan fingerprint density at radius 2 is 1.63 bits per heavy atom. The number of hydrogen-bond donors (Lipinski definition) is 10. The number of aromatic nitrogens is 2. The van der Waals surface area contributed by atoms with Crippen LogP contribution in [0.5, 0.6) is 0 Å². The van der Waals surface area contributed by atoms with Crippen LogP contribution in [0.2, 0.25) is 0 Å². The summed E-state index contributed by atoms with van der Waals surface area (Å²) in [7, 11) is 0. The lowest BCUT2D eigenvalue weighted by molar-refractivity contribution is -0.193. The summed E-state index contributed by atoms with van der Waals surface area (Å²) in [6.45, 7) is 0.483. The van der Waals surface area contributed by atoms with Gasteiger partial charge in [0, 0.05) is 36.7 Å². The molecule has 6 heterocycles. The van der Waals surface area contributed by atoms with E-state index in [4.69, 9.17) is 47.9 Å². The number of H-pyrrole nitrogens is 2. The zero-order chi connectivity index (χ0) is 38.9. The minimum Gasteiger partial charge on any atom is -0.475 e. The van der Waals surface area contributed by atoms with E-state index in [0.29, 0.717) is 32.6 Å². The number of carbonyl (C=O) groups excluding carboxylic acids is 2. The number of halogens is 9. The Hall–Kier alpha value is -4.23. The first-order chi connectivity index (χ1) is 24.0. The van der Waals surface area contributed by atoms with E-state index in [1.165, 1.54) is 0 Å². The van der Waals surface area contributed by atoms with Crippen molar-refractivity contribution in [2.45, 2.75) is 41.2 Å². The highest BCUT2D eigenvalue weighted by Crippen LogP contribution is 2.64. The molecular formula is C26H25Br2ClF6N10O7. The summed E-state index contributed by atoms with van der Waals surface area (Å²) in [5.74, 6) is -6.97. The maximum atomic E-state index is 13.8. The van der Waals surface area contributed by atoms with Gasteiger partial charge in [0.2, 0.25) is 0 Å². The summed E-state index contributed by atoms with van der Waals surface area (Å²) in [6.07, 6.45) is -9.76. The number of alkyl halides is 7. The van der Waals surface area contributed by atoms with E-state index in [1.807, 2.05) is 6.07 Å². The number of fused-ring (bicyclic) bond motifs is 4. The van der Waals surface area contributed by atoms with Crippen molar-refractivity contribution < 1.29 is 60.8 Å². The molecule has 1 aliphatic carbocycles. The minimum absolute atomic E-state index is 0.0513. The predicted molar refractivity (Wildman–Crippen MR) is 172 cm³/mol. The van der Waals surface area contributed by atoms with Gasteiger partial charge in [-0.15, -0.1) is 11.6 Å². The van der Waals surface area contributed by atoms with Gasteiger partial charge in [0.25, 0.3) is 11.8 Å². The first-order valence-electron chi connectivity index (χ1n) is 14.4. The van der Waals surface area contributed by atoms with Crippen molar-refractivity contribution >= 4 is 79.1 Å². The van der Waals surface area contributed by atoms with Gasteiger partial charge < -0.3 is 57.6 Å². The normalized spacial score (nSPS) is 31.0. The van der Waals surface area contributed by atoms with Gasteiger partial charge in [-0.25, -0.2) is 19.6 Å². The lowest BCUT2D eigenvalue weighted by Gasteiger charge is -2.51. The highest BCUT2D eigenvalue weighted by atomic mass is 79.9. The molecule has 52 heavy (non-hydrogen) atoms. The molecule has 0 bridgehead atoms. The first-order valence-corrected chi connectivity index (χ1v) is 16.5. The van der Waals surface area contributed by atoms with Gasteiger partial charge >= 0.3 is 24.3 Å². The van der Waals surface area contributed by atoms with Gasteiger partial charge in [0.05, 0.1) is 14.5 Å². The maximum Gasteiger partial charge on any atom is 0.490 e. The fraction of sp³-hybridized carbons (Fsp3) is 0.462. The molecule has 5 aliphatic rings. The number of carboxylic acids is 2. The number of aliphatic carboxylic acids is 2. The number of nitrogens with two attached hydrogens (primary N) is 2. The number of nitrogens with zero attached hydrogens (tertiary/aromatic N) is 3. The van der Waals surface area contributed by atoms with E-state index in [1.54, 1.807) is 17.2 Å². The number of aliphatic imine (C=N–C) groups is 2. The molecule has 26 heteroatoms. The number of guanidine groups is 2. The van der Waals surface area contributed by atoms with E-state index in [9.17, 15) is 41.0 Å². The molecule has 2 aromatic rings. The van der Waals surface area contributed by atoms with Gasteiger partial charge in [-0.3, -0.25) is 9.59 Å². The number of carbonyl (C=O) groups is 4. The fourth-order valence-electron chi connectivity index (χ4n) is 7.39. The summed E-state index contributed by atoms with van der Waals surface area (Å²) in [6, 6.07) is 2.94. The Labute approximate surface area is 307 Å². The van der Waals surface area contributed by atoms with Crippen LogP contribution in [0.15, 0.2) is 37.4 Å². The molecule has 1 saturated carbocycles. The van der Waals surface area contributed by atoms with Crippen LogP contribution in [0.25, 0.3) is 0 Å². The zero-order valence-electron chi connectivity index (χ0n) is 25.5. The Bertz CT molecular complexity index is 1830. The SMILES string of the molecule is NC1=N[C@@H](O)[C@@]2(N1)[C@@H](Cl)[C@H](CNC(=O)c1cc(Br)c(Br)[nH]1)[C@H]1CN3C(=O)c4[nH]ccc4[C@@H]4N=C(N)N[C@@]43[C@@H]12.O=C(O)C(F)(F)F.O=C(O)C(F)(F)F. The lowest BCUT2D eigenvalue weighted by atomic mass is 9.70. The van der Waals surface area contributed by atoms with Crippen molar-refractivity contribution in [3.05, 3.63) is 44.4 Å².